The molecule has 0 bridgehead atoms. The van der Waals surface area contributed by atoms with Crippen molar-refractivity contribution in [3.63, 3.8) is 0 Å². The Morgan fingerprint density at radius 2 is 1.71 bits per heavy atom. The number of aryl methyl sites for hydroxylation is 1. The van der Waals surface area contributed by atoms with Gasteiger partial charge in [-0.3, -0.25) is 10.00 Å². The van der Waals surface area contributed by atoms with E-state index in [1.165, 1.54) is 19.1 Å². The van der Waals surface area contributed by atoms with E-state index in [0.717, 1.165) is 5.69 Å². The molecule has 3 aromatic rings. The number of aromatic nitrogens is 2. The summed E-state index contributed by atoms with van der Waals surface area (Å²) in [6, 6.07) is 19.9. The number of nitrogens with zero attached hydrogens (tertiary/aromatic N) is 3. The lowest BCUT2D eigenvalue weighted by atomic mass is 9.80. The number of methoxy groups -OCH3 is 2. The summed E-state index contributed by atoms with van der Waals surface area (Å²) < 4.78 is 10.2. The van der Waals surface area contributed by atoms with Crippen LogP contribution in [0.1, 0.15) is 17.2 Å². The van der Waals surface area contributed by atoms with Crippen LogP contribution in [0.3, 0.4) is 0 Å². The van der Waals surface area contributed by atoms with E-state index in [1.54, 1.807) is 42.5 Å². The Morgan fingerprint density at radius 1 is 1.06 bits per heavy atom. The summed E-state index contributed by atoms with van der Waals surface area (Å²) in [5.41, 5.74) is 9.60. The number of H-pyrrole nitrogens is 1. The van der Waals surface area contributed by atoms with E-state index in [0.29, 0.717) is 22.5 Å². The minimum absolute atomic E-state index is 0.00545. The molecule has 9 heteroatoms. The highest BCUT2D eigenvalue weighted by Gasteiger charge is 2.43. The Balaban J connectivity index is 2.09. The molecular weight excluding hydrogens is 446 g/mol. The van der Waals surface area contributed by atoms with Gasteiger partial charge in [-0.2, -0.15) is 10.4 Å². The van der Waals surface area contributed by atoms with Gasteiger partial charge in [-0.25, -0.2) is 9.59 Å². The Labute approximate surface area is 202 Å². The fraction of sp³-hybridized carbons (Fsp3) is 0.154. The van der Waals surface area contributed by atoms with Crippen LogP contribution in [0.15, 0.2) is 83.3 Å². The van der Waals surface area contributed by atoms with Crippen molar-refractivity contribution in [3.05, 3.63) is 94.6 Å². The third-order valence-electron chi connectivity index (χ3n) is 5.74. The van der Waals surface area contributed by atoms with Gasteiger partial charge in [0.05, 0.1) is 48.7 Å². The zero-order valence-corrected chi connectivity index (χ0v) is 19.4. The number of nitriles is 1. The van der Waals surface area contributed by atoms with Crippen molar-refractivity contribution < 1.29 is 19.1 Å². The van der Waals surface area contributed by atoms with Crippen molar-refractivity contribution in [2.45, 2.75) is 12.8 Å². The Bertz CT molecular complexity index is 1400. The number of para-hydroxylation sites is 1. The molecule has 1 aromatic heterocycles. The molecule has 2 heterocycles. The summed E-state index contributed by atoms with van der Waals surface area (Å²) in [6.45, 7) is 1.86. The maximum atomic E-state index is 13.2. The van der Waals surface area contributed by atoms with Gasteiger partial charge in [-0.05, 0) is 24.6 Å². The van der Waals surface area contributed by atoms with Crippen LogP contribution in [0.5, 0.6) is 0 Å². The maximum Gasteiger partial charge on any atom is 0.355 e. The van der Waals surface area contributed by atoms with Gasteiger partial charge in [0.2, 0.25) is 0 Å². The second-order valence-corrected chi connectivity index (χ2v) is 7.79. The lowest BCUT2D eigenvalue weighted by Crippen LogP contribution is -2.41. The third-order valence-corrected chi connectivity index (χ3v) is 5.74. The number of nitrogens with one attached hydrogen (secondary N) is 1. The van der Waals surface area contributed by atoms with E-state index in [2.05, 4.69) is 16.3 Å². The molecular formula is C26H23N5O4. The van der Waals surface area contributed by atoms with Crippen molar-refractivity contribution in [1.29, 1.82) is 5.26 Å². The number of benzene rings is 2. The molecule has 0 spiro atoms. The molecule has 1 aliphatic heterocycles. The van der Waals surface area contributed by atoms with Gasteiger partial charge >= 0.3 is 11.9 Å². The minimum atomic E-state index is -0.932. The van der Waals surface area contributed by atoms with Crippen LogP contribution in [-0.2, 0) is 19.1 Å². The molecule has 4 rings (SSSR count). The van der Waals surface area contributed by atoms with Crippen molar-refractivity contribution in [3.8, 4) is 17.3 Å². The molecule has 0 aliphatic carbocycles. The van der Waals surface area contributed by atoms with Crippen molar-refractivity contribution >= 4 is 17.6 Å². The minimum Gasteiger partial charge on any atom is -0.466 e. The number of rotatable bonds is 5. The monoisotopic (exact) mass is 469 g/mol. The van der Waals surface area contributed by atoms with Crippen LogP contribution in [0.25, 0.3) is 11.3 Å². The molecule has 9 nitrogen and oxygen atoms in total. The third kappa shape index (κ3) is 4.02. The maximum absolute atomic E-state index is 13.2. The lowest BCUT2D eigenvalue weighted by Gasteiger charge is -2.36. The molecule has 0 amide bonds. The van der Waals surface area contributed by atoms with E-state index in [-0.39, 0.29) is 22.7 Å². The smallest absolute Gasteiger partial charge is 0.355 e. The topological polar surface area (TPSA) is 134 Å². The molecule has 2 aromatic carbocycles. The Kier molecular flexibility index (Phi) is 6.38. The molecule has 0 radical (unpaired) electrons. The highest BCUT2D eigenvalue weighted by Crippen LogP contribution is 2.45. The lowest BCUT2D eigenvalue weighted by molar-refractivity contribution is -0.139. The fourth-order valence-electron chi connectivity index (χ4n) is 4.20. The summed E-state index contributed by atoms with van der Waals surface area (Å²) >= 11 is 0. The number of hydrogen-bond donors (Lipinski definition) is 2. The van der Waals surface area contributed by atoms with Gasteiger partial charge in [0.1, 0.15) is 11.5 Å². The van der Waals surface area contributed by atoms with Gasteiger partial charge in [-0.1, -0.05) is 48.5 Å². The predicted octanol–water partition coefficient (Wildman–Crippen LogP) is 3.28. The molecule has 176 valence electrons. The van der Waals surface area contributed by atoms with E-state index >= 15 is 0 Å². The fourth-order valence-corrected chi connectivity index (χ4v) is 4.20. The predicted molar refractivity (Wildman–Crippen MR) is 128 cm³/mol. The first kappa shape index (κ1) is 23.3. The number of hydrogen-bond acceptors (Lipinski definition) is 8. The number of esters is 2. The number of anilines is 1. The molecule has 3 N–H and O–H groups in total. The highest BCUT2D eigenvalue weighted by molar-refractivity contribution is 6.07. The number of nitrogens with two attached hydrogens (primary N) is 1. The second kappa shape index (κ2) is 9.57. The average molecular weight is 470 g/mol. The van der Waals surface area contributed by atoms with Crippen molar-refractivity contribution in [2.75, 3.05) is 19.1 Å². The van der Waals surface area contributed by atoms with Gasteiger partial charge < -0.3 is 15.2 Å². The molecule has 1 aliphatic rings. The quantitative estimate of drug-likeness (QED) is 0.544. The Morgan fingerprint density at radius 3 is 2.31 bits per heavy atom. The summed E-state index contributed by atoms with van der Waals surface area (Å²) in [6.07, 6.45) is 0. The van der Waals surface area contributed by atoms with E-state index in [9.17, 15) is 14.9 Å². The molecule has 0 saturated heterocycles. The highest BCUT2D eigenvalue weighted by atomic mass is 16.5. The average Bonchev–Trinajstić information content (AvgIpc) is 3.33. The van der Waals surface area contributed by atoms with E-state index < -0.39 is 17.9 Å². The van der Waals surface area contributed by atoms with Crippen LogP contribution in [0.2, 0.25) is 0 Å². The molecule has 0 fully saturated rings. The van der Waals surface area contributed by atoms with Crippen LogP contribution < -0.4 is 10.6 Å². The summed E-state index contributed by atoms with van der Waals surface area (Å²) in [5.74, 6) is -2.52. The summed E-state index contributed by atoms with van der Waals surface area (Å²) in [7, 11) is 2.42. The van der Waals surface area contributed by atoms with Gasteiger partial charge in [0.25, 0.3) is 0 Å². The van der Waals surface area contributed by atoms with E-state index in [1.807, 2.05) is 25.1 Å². The number of ether oxygens (including phenoxy) is 2. The molecule has 1 atom stereocenters. The largest absolute Gasteiger partial charge is 0.466 e. The number of carbonyl (C=O) groups is 2. The number of carbonyl (C=O) groups excluding carboxylic acids is 2. The zero-order chi connectivity index (χ0) is 25.1. The SMILES string of the molecule is COC(=O)C1=C(C(=O)OC)N(c2ccccc2-c2cc(C)[nH]n2)C(N)=C(C#N)C1c1ccccc1. The summed E-state index contributed by atoms with van der Waals surface area (Å²) in [4.78, 5) is 27.8. The normalized spacial score (nSPS) is 15.6. The van der Waals surface area contributed by atoms with Gasteiger partial charge in [0, 0.05) is 11.3 Å². The van der Waals surface area contributed by atoms with Crippen molar-refractivity contribution in [2.24, 2.45) is 5.73 Å². The van der Waals surface area contributed by atoms with E-state index in [4.69, 9.17) is 15.2 Å². The van der Waals surface area contributed by atoms with Gasteiger partial charge in [0.15, 0.2) is 0 Å². The van der Waals surface area contributed by atoms with Crippen LogP contribution in [0.4, 0.5) is 5.69 Å². The zero-order valence-electron chi connectivity index (χ0n) is 19.4. The molecule has 35 heavy (non-hydrogen) atoms. The van der Waals surface area contributed by atoms with Crippen LogP contribution in [0, 0.1) is 18.3 Å². The second-order valence-electron chi connectivity index (χ2n) is 7.79. The van der Waals surface area contributed by atoms with Crippen LogP contribution in [-0.4, -0.2) is 36.4 Å². The van der Waals surface area contributed by atoms with Crippen LogP contribution >= 0.6 is 0 Å². The molecule has 0 saturated carbocycles. The standard InChI is InChI=1S/C26H23N5O4/c1-15-13-19(30-29-15)17-11-7-8-12-20(17)31-23(26(33)35-3)22(25(32)34-2)21(18(14-27)24(31)28)16-9-5-4-6-10-16/h4-13,21H,28H2,1-3H3,(H,29,30). The molecule has 1 unspecified atom stereocenters. The first-order chi connectivity index (χ1) is 16.9. The first-order valence-electron chi connectivity index (χ1n) is 10.7. The number of aromatic amines is 1. The summed E-state index contributed by atoms with van der Waals surface area (Å²) in [5, 5.41) is 17.4. The Hall–Kier alpha value is -4.84. The van der Waals surface area contributed by atoms with Gasteiger partial charge in [-0.15, -0.1) is 0 Å². The number of allylic oxidation sites excluding steroid dienone is 1. The van der Waals surface area contributed by atoms with Crippen molar-refractivity contribution in [1.82, 2.24) is 10.2 Å². The first-order valence-corrected chi connectivity index (χ1v) is 10.7.